The first-order valence-electron chi connectivity index (χ1n) is 9.23. The van der Waals surface area contributed by atoms with Gasteiger partial charge < -0.3 is 14.2 Å². The largest absolute Gasteiger partial charge is 0.490 e. The van der Waals surface area contributed by atoms with Crippen LogP contribution in [0.3, 0.4) is 0 Å². The lowest BCUT2D eigenvalue weighted by molar-refractivity contribution is -0.0899. The van der Waals surface area contributed by atoms with Crippen molar-refractivity contribution in [2.75, 3.05) is 13.2 Å². The minimum atomic E-state index is -0.599. The number of hydrogen-bond donors (Lipinski definition) is 0. The summed E-state index contributed by atoms with van der Waals surface area (Å²) in [7, 11) is 0. The summed E-state index contributed by atoms with van der Waals surface area (Å²) in [6, 6.07) is 18.1. The lowest BCUT2D eigenvalue weighted by Crippen LogP contribution is -2.43. The van der Waals surface area contributed by atoms with E-state index in [0.29, 0.717) is 6.61 Å². The number of ether oxygens (including phenoxy) is 3. The molecule has 2 aromatic carbocycles. The molecule has 0 aliphatic carbocycles. The highest BCUT2D eigenvalue weighted by molar-refractivity contribution is 5.41. The molecule has 2 aromatic rings. The van der Waals surface area contributed by atoms with E-state index in [1.165, 1.54) is 0 Å². The second-order valence-corrected chi connectivity index (χ2v) is 6.22. The summed E-state index contributed by atoms with van der Waals surface area (Å²) in [4.78, 5) is 0. The van der Waals surface area contributed by atoms with Crippen molar-refractivity contribution in [1.29, 1.82) is 0 Å². The first-order chi connectivity index (χ1) is 12.2. The quantitative estimate of drug-likeness (QED) is 0.564. The van der Waals surface area contributed by atoms with Gasteiger partial charge in [0, 0.05) is 6.61 Å². The van der Waals surface area contributed by atoms with E-state index >= 15 is 0 Å². The molecule has 0 aliphatic rings. The smallest absolute Gasteiger partial charge is 0.162 e. The first kappa shape index (κ1) is 19.3. The Morgan fingerprint density at radius 2 is 1.52 bits per heavy atom. The molecule has 0 aromatic heterocycles. The summed E-state index contributed by atoms with van der Waals surface area (Å²) in [5, 5.41) is 0. The fraction of sp³-hybridized carbons (Fsp3) is 0.455. The van der Waals surface area contributed by atoms with Crippen LogP contribution in [0.4, 0.5) is 0 Å². The summed E-state index contributed by atoms with van der Waals surface area (Å²) in [5.74, 6) is 1.51. The van der Waals surface area contributed by atoms with Gasteiger partial charge in [-0.1, -0.05) is 56.3 Å². The molecule has 0 saturated carbocycles. The third-order valence-corrected chi connectivity index (χ3v) is 4.33. The molecule has 0 radical (unpaired) electrons. The Balaban J connectivity index is 2.41. The minimum Gasteiger partial charge on any atom is -0.490 e. The maximum atomic E-state index is 6.57. The van der Waals surface area contributed by atoms with E-state index in [1.54, 1.807) is 0 Å². The molecule has 0 amide bonds. The fourth-order valence-corrected chi connectivity index (χ4v) is 3.04. The number of para-hydroxylation sites is 2. The maximum Gasteiger partial charge on any atom is 0.162 e. The number of rotatable bonds is 10. The predicted molar refractivity (Wildman–Crippen MR) is 102 cm³/mol. The second kappa shape index (κ2) is 9.47. The first-order valence-corrected chi connectivity index (χ1v) is 9.23. The Hall–Kier alpha value is -2.00. The van der Waals surface area contributed by atoms with Crippen LogP contribution < -0.4 is 9.47 Å². The van der Waals surface area contributed by atoms with Gasteiger partial charge >= 0.3 is 0 Å². The zero-order chi connectivity index (χ0) is 18.1. The molecular weight excluding hydrogens is 312 g/mol. The summed E-state index contributed by atoms with van der Waals surface area (Å²) in [5.41, 5.74) is 0.502. The summed E-state index contributed by atoms with van der Waals surface area (Å²) < 4.78 is 18.5. The topological polar surface area (TPSA) is 27.7 Å². The van der Waals surface area contributed by atoms with Gasteiger partial charge in [0.25, 0.3) is 0 Å². The maximum absolute atomic E-state index is 6.57. The Bertz CT molecular complexity index is 626. The average molecular weight is 342 g/mol. The molecular formula is C22H30O3. The molecule has 0 fully saturated rings. The van der Waals surface area contributed by atoms with Gasteiger partial charge in [-0.2, -0.15) is 0 Å². The standard InChI is InChI=1S/C22H30O3/c1-5-17-24-21(6-2)22(4,18-13-9-8-10-14-18)25-20-16-12-11-15-19(20)23-7-3/h8-16,21H,5-7,17H2,1-4H3/t21-,22-/m0/s1. The van der Waals surface area contributed by atoms with E-state index in [4.69, 9.17) is 14.2 Å². The lowest BCUT2D eigenvalue weighted by Gasteiger charge is -2.38. The highest BCUT2D eigenvalue weighted by Crippen LogP contribution is 2.38. The van der Waals surface area contributed by atoms with E-state index in [9.17, 15) is 0 Å². The van der Waals surface area contributed by atoms with Crippen LogP contribution in [0.5, 0.6) is 11.5 Å². The van der Waals surface area contributed by atoms with E-state index in [0.717, 1.165) is 36.5 Å². The average Bonchev–Trinajstić information content (AvgIpc) is 2.65. The Morgan fingerprint density at radius 3 is 2.12 bits per heavy atom. The van der Waals surface area contributed by atoms with Crippen LogP contribution in [0.15, 0.2) is 54.6 Å². The summed E-state index contributed by atoms with van der Waals surface area (Å²) in [6.07, 6.45) is 1.79. The number of benzene rings is 2. The van der Waals surface area contributed by atoms with Gasteiger partial charge in [-0.15, -0.1) is 0 Å². The van der Waals surface area contributed by atoms with Gasteiger partial charge in [0.05, 0.1) is 6.61 Å². The van der Waals surface area contributed by atoms with Gasteiger partial charge in [-0.05, 0) is 44.4 Å². The van der Waals surface area contributed by atoms with Gasteiger partial charge in [0.1, 0.15) is 6.10 Å². The van der Waals surface area contributed by atoms with Crippen LogP contribution in [0, 0.1) is 0 Å². The van der Waals surface area contributed by atoms with Crippen molar-refractivity contribution < 1.29 is 14.2 Å². The molecule has 0 unspecified atom stereocenters. The molecule has 0 saturated heterocycles. The zero-order valence-corrected chi connectivity index (χ0v) is 15.8. The van der Waals surface area contributed by atoms with Gasteiger partial charge in [0.2, 0.25) is 0 Å². The lowest BCUT2D eigenvalue weighted by atomic mass is 9.88. The van der Waals surface area contributed by atoms with E-state index < -0.39 is 5.60 Å². The molecule has 0 bridgehead atoms. The van der Waals surface area contributed by atoms with Crippen LogP contribution >= 0.6 is 0 Å². The zero-order valence-electron chi connectivity index (χ0n) is 15.8. The molecule has 0 N–H and O–H groups in total. The van der Waals surface area contributed by atoms with Crippen molar-refractivity contribution >= 4 is 0 Å². The van der Waals surface area contributed by atoms with Crippen molar-refractivity contribution in [1.82, 2.24) is 0 Å². The van der Waals surface area contributed by atoms with Gasteiger partial charge in [-0.3, -0.25) is 0 Å². The molecule has 2 atom stereocenters. The highest BCUT2D eigenvalue weighted by atomic mass is 16.6. The molecule has 3 nitrogen and oxygen atoms in total. The van der Waals surface area contributed by atoms with Crippen LogP contribution in [0.2, 0.25) is 0 Å². The summed E-state index contributed by atoms with van der Waals surface area (Å²) >= 11 is 0. The molecule has 0 heterocycles. The van der Waals surface area contributed by atoms with Crippen molar-refractivity contribution in [3.8, 4) is 11.5 Å². The minimum absolute atomic E-state index is 0.0514. The van der Waals surface area contributed by atoms with Crippen LogP contribution in [0.25, 0.3) is 0 Å². The number of hydrogen-bond acceptors (Lipinski definition) is 3. The van der Waals surface area contributed by atoms with Crippen LogP contribution in [-0.2, 0) is 10.3 Å². The van der Waals surface area contributed by atoms with Crippen molar-refractivity contribution in [2.24, 2.45) is 0 Å². The monoisotopic (exact) mass is 342 g/mol. The predicted octanol–water partition coefficient (Wildman–Crippen LogP) is 5.58. The van der Waals surface area contributed by atoms with Crippen molar-refractivity contribution in [3.05, 3.63) is 60.2 Å². The highest BCUT2D eigenvalue weighted by Gasteiger charge is 2.38. The fourth-order valence-electron chi connectivity index (χ4n) is 3.04. The Labute approximate surface area is 151 Å². The van der Waals surface area contributed by atoms with Crippen LogP contribution in [0.1, 0.15) is 46.1 Å². The van der Waals surface area contributed by atoms with Crippen LogP contribution in [-0.4, -0.2) is 19.3 Å². The normalized spacial score (nSPS) is 14.6. The SMILES string of the molecule is CCCO[C@@H](CC)[C@@](C)(Oc1ccccc1OCC)c1ccccc1. The van der Waals surface area contributed by atoms with Gasteiger partial charge in [0.15, 0.2) is 17.1 Å². The third-order valence-electron chi connectivity index (χ3n) is 4.33. The summed E-state index contributed by atoms with van der Waals surface area (Å²) in [6.45, 7) is 9.67. The third kappa shape index (κ3) is 4.76. The molecule has 2 rings (SSSR count). The van der Waals surface area contributed by atoms with Gasteiger partial charge in [-0.25, -0.2) is 0 Å². The van der Waals surface area contributed by atoms with E-state index in [1.807, 2.05) is 49.4 Å². The van der Waals surface area contributed by atoms with Crippen molar-refractivity contribution in [2.45, 2.75) is 52.2 Å². The molecule has 136 valence electrons. The second-order valence-electron chi connectivity index (χ2n) is 6.22. The molecule has 0 aliphatic heterocycles. The Morgan fingerprint density at radius 1 is 0.880 bits per heavy atom. The van der Waals surface area contributed by atoms with E-state index in [2.05, 4.69) is 32.9 Å². The van der Waals surface area contributed by atoms with Crippen molar-refractivity contribution in [3.63, 3.8) is 0 Å². The molecule has 25 heavy (non-hydrogen) atoms. The Kier molecular flexibility index (Phi) is 7.32. The molecule has 3 heteroatoms. The molecule has 0 spiro atoms. The van der Waals surface area contributed by atoms with E-state index in [-0.39, 0.29) is 6.10 Å².